The zero-order valence-electron chi connectivity index (χ0n) is 8.80. The molecule has 0 fully saturated rings. The molecule has 5 heteroatoms. The molecule has 0 aliphatic carbocycles. The minimum absolute atomic E-state index is 0.124. The lowest BCUT2D eigenvalue weighted by molar-refractivity contribution is 0.0685. The van der Waals surface area contributed by atoms with E-state index in [1.807, 2.05) is 13.8 Å². The number of hydrogen-bond acceptors (Lipinski definition) is 2. The highest BCUT2D eigenvalue weighted by Gasteiger charge is 2.36. The topological polar surface area (TPSA) is 46.5 Å². The Morgan fingerprint density at radius 1 is 1.62 bits per heavy atom. The molecular formula is C11H10BrFO3. The lowest BCUT2D eigenvalue weighted by atomic mass is 10.0. The third-order valence-corrected chi connectivity index (χ3v) is 3.33. The van der Waals surface area contributed by atoms with Crippen molar-refractivity contribution in [2.24, 2.45) is 0 Å². The van der Waals surface area contributed by atoms with Gasteiger partial charge < -0.3 is 9.84 Å². The van der Waals surface area contributed by atoms with E-state index in [2.05, 4.69) is 15.9 Å². The third kappa shape index (κ3) is 1.69. The van der Waals surface area contributed by atoms with Crippen molar-refractivity contribution in [2.75, 3.05) is 0 Å². The van der Waals surface area contributed by atoms with Gasteiger partial charge in [-0.15, -0.1) is 0 Å². The fourth-order valence-corrected chi connectivity index (χ4v) is 2.27. The molecule has 1 N–H and O–H groups in total. The highest BCUT2D eigenvalue weighted by molar-refractivity contribution is 9.10. The van der Waals surface area contributed by atoms with E-state index in [9.17, 15) is 9.18 Å². The van der Waals surface area contributed by atoms with E-state index < -0.39 is 17.4 Å². The summed E-state index contributed by atoms with van der Waals surface area (Å²) in [4.78, 5) is 11.0. The molecule has 0 spiro atoms. The molecule has 1 aliphatic heterocycles. The Morgan fingerprint density at radius 2 is 2.25 bits per heavy atom. The van der Waals surface area contributed by atoms with Gasteiger partial charge in [-0.3, -0.25) is 0 Å². The normalized spacial score (nSPS) is 16.8. The van der Waals surface area contributed by atoms with Crippen molar-refractivity contribution < 1.29 is 19.0 Å². The number of fused-ring (bicyclic) bond motifs is 1. The van der Waals surface area contributed by atoms with Gasteiger partial charge in [0.05, 0.1) is 4.47 Å². The molecule has 1 aromatic carbocycles. The average Bonchev–Trinajstić information content (AvgIpc) is 2.47. The Labute approximate surface area is 100 Å². The predicted molar refractivity (Wildman–Crippen MR) is 59.5 cm³/mol. The van der Waals surface area contributed by atoms with E-state index >= 15 is 0 Å². The standard InChI is InChI=1S/C11H10BrFO3/c1-11(2)4-6-8(12)7(13)3-5(10(14)15)9(6)16-11/h3H,4H2,1-2H3,(H,14,15). The van der Waals surface area contributed by atoms with Crippen molar-refractivity contribution in [1.82, 2.24) is 0 Å². The largest absolute Gasteiger partial charge is 0.486 e. The van der Waals surface area contributed by atoms with Crippen LogP contribution < -0.4 is 4.74 Å². The minimum atomic E-state index is -1.18. The van der Waals surface area contributed by atoms with E-state index in [0.29, 0.717) is 12.0 Å². The average molecular weight is 289 g/mol. The Balaban J connectivity index is 2.67. The van der Waals surface area contributed by atoms with Crippen molar-refractivity contribution >= 4 is 21.9 Å². The van der Waals surface area contributed by atoms with Crippen LogP contribution in [0.25, 0.3) is 0 Å². The van der Waals surface area contributed by atoms with E-state index in [1.165, 1.54) is 0 Å². The molecule has 0 aromatic heterocycles. The van der Waals surface area contributed by atoms with E-state index in [1.54, 1.807) is 0 Å². The second-order valence-corrected chi connectivity index (χ2v) is 5.16. The quantitative estimate of drug-likeness (QED) is 0.864. The molecule has 0 radical (unpaired) electrons. The fourth-order valence-electron chi connectivity index (χ4n) is 1.83. The lowest BCUT2D eigenvalue weighted by Crippen LogP contribution is -2.25. The van der Waals surface area contributed by atoms with Gasteiger partial charge in [0.2, 0.25) is 0 Å². The van der Waals surface area contributed by atoms with Crippen molar-refractivity contribution in [2.45, 2.75) is 25.9 Å². The molecule has 0 saturated heterocycles. The van der Waals surface area contributed by atoms with Crippen LogP contribution in [0, 0.1) is 5.82 Å². The summed E-state index contributed by atoms with van der Waals surface area (Å²) < 4.78 is 19.3. The molecule has 0 bridgehead atoms. The van der Waals surface area contributed by atoms with Gasteiger partial charge in [-0.05, 0) is 35.8 Å². The van der Waals surface area contributed by atoms with Crippen LogP contribution in [-0.2, 0) is 6.42 Å². The van der Waals surface area contributed by atoms with E-state index in [4.69, 9.17) is 9.84 Å². The molecule has 1 heterocycles. The number of ether oxygens (including phenoxy) is 1. The van der Waals surface area contributed by atoms with Crippen molar-refractivity contribution in [3.8, 4) is 5.75 Å². The molecule has 86 valence electrons. The minimum Gasteiger partial charge on any atom is -0.486 e. The molecule has 0 atom stereocenters. The molecular weight excluding hydrogens is 279 g/mol. The van der Waals surface area contributed by atoms with Crippen molar-refractivity contribution in [1.29, 1.82) is 0 Å². The van der Waals surface area contributed by atoms with Gasteiger partial charge in [0, 0.05) is 12.0 Å². The van der Waals surface area contributed by atoms with Crippen LogP contribution in [0.3, 0.4) is 0 Å². The predicted octanol–water partition coefficient (Wildman–Crippen LogP) is 3.00. The molecule has 16 heavy (non-hydrogen) atoms. The number of rotatable bonds is 1. The SMILES string of the molecule is CC1(C)Cc2c(Br)c(F)cc(C(=O)O)c2O1. The lowest BCUT2D eigenvalue weighted by Gasteiger charge is -2.17. The number of carboxylic acids is 1. The maximum atomic E-state index is 13.5. The number of halogens is 2. The summed E-state index contributed by atoms with van der Waals surface area (Å²) in [5, 5.41) is 8.97. The van der Waals surface area contributed by atoms with Gasteiger partial charge in [-0.25, -0.2) is 9.18 Å². The summed E-state index contributed by atoms with van der Waals surface area (Å²) in [6.45, 7) is 3.67. The van der Waals surface area contributed by atoms with Crippen molar-refractivity contribution in [3.63, 3.8) is 0 Å². The maximum Gasteiger partial charge on any atom is 0.339 e. The Hall–Kier alpha value is -1.10. The summed E-state index contributed by atoms with van der Waals surface area (Å²) in [5.41, 5.74) is -0.0354. The zero-order valence-corrected chi connectivity index (χ0v) is 10.4. The Morgan fingerprint density at radius 3 is 2.81 bits per heavy atom. The number of carbonyl (C=O) groups is 1. The van der Waals surface area contributed by atoms with Crippen LogP contribution in [0.5, 0.6) is 5.75 Å². The summed E-state index contributed by atoms with van der Waals surface area (Å²) in [7, 11) is 0. The van der Waals surface area contributed by atoms with Gasteiger partial charge in [0.1, 0.15) is 22.7 Å². The van der Waals surface area contributed by atoms with Gasteiger partial charge in [0.25, 0.3) is 0 Å². The number of carboxylic acid groups (broad SMARTS) is 1. The first kappa shape index (κ1) is 11.4. The zero-order chi connectivity index (χ0) is 12.1. The molecule has 0 unspecified atom stereocenters. The molecule has 2 rings (SSSR count). The van der Waals surface area contributed by atoms with Crippen LogP contribution in [-0.4, -0.2) is 16.7 Å². The monoisotopic (exact) mass is 288 g/mol. The number of aromatic carboxylic acids is 1. The molecule has 3 nitrogen and oxygen atoms in total. The first-order valence-electron chi connectivity index (χ1n) is 4.75. The summed E-state index contributed by atoms with van der Waals surface area (Å²) in [6, 6.07) is 0.979. The Kier molecular flexibility index (Phi) is 2.45. The smallest absolute Gasteiger partial charge is 0.339 e. The summed E-state index contributed by atoms with van der Waals surface area (Å²) in [6.07, 6.45) is 0.487. The maximum absolute atomic E-state index is 13.5. The number of hydrogen-bond donors (Lipinski definition) is 1. The van der Waals surface area contributed by atoms with Crippen LogP contribution in [0.1, 0.15) is 29.8 Å². The number of benzene rings is 1. The second kappa shape index (κ2) is 3.45. The van der Waals surface area contributed by atoms with Gasteiger partial charge in [0.15, 0.2) is 0 Å². The molecule has 1 aromatic rings. The Bertz CT molecular complexity index is 483. The fraction of sp³-hybridized carbons (Fsp3) is 0.364. The van der Waals surface area contributed by atoms with E-state index in [0.717, 1.165) is 6.07 Å². The second-order valence-electron chi connectivity index (χ2n) is 4.37. The van der Waals surface area contributed by atoms with Crippen LogP contribution >= 0.6 is 15.9 Å². The van der Waals surface area contributed by atoms with Gasteiger partial charge >= 0.3 is 5.97 Å². The first-order chi connectivity index (χ1) is 7.32. The van der Waals surface area contributed by atoms with Crippen molar-refractivity contribution in [3.05, 3.63) is 27.5 Å². The van der Waals surface area contributed by atoms with Gasteiger partial charge in [-0.1, -0.05) is 0 Å². The highest BCUT2D eigenvalue weighted by Crippen LogP contribution is 2.42. The van der Waals surface area contributed by atoms with Crippen LogP contribution in [0.15, 0.2) is 10.5 Å². The van der Waals surface area contributed by atoms with Gasteiger partial charge in [-0.2, -0.15) is 0 Å². The third-order valence-electron chi connectivity index (χ3n) is 2.48. The molecule has 1 aliphatic rings. The van der Waals surface area contributed by atoms with E-state index in [-0.39, 0.29) is 15.8 Å². The first-order valence-corrected chi connectivity index (χ1v) is 5.54. The molecule has 0 amide bonds. The summed E-state index contributed by atoms with van der Waals surface area (Å²) in [5.74, 6) is -1.48. The van der Waals surface area contributed by atoms with Crippen LogP contribution in [0.4, 0.5) is 4.39 Å². The highest BCUT2D eigenvalue weighted by atomic mass is 79.9. The summed E-state index contributed by atoms with van der Waals surface area (Å²) >= 11 is 3.12. The van der Waals surface area contributed by atoms with Crippen LogP contribution in [0.2, 0.25) is 0 Å². The molecule has 0 saturated carbocycles.